The van der Waals surface area contributed by atoms with Crippen molar-refractivity contribution < 1.29 is 0 Å². The number of rotatable bonds is 2. The molecule has 0 saturated carbocycles. The van der Waals surface area contributed by atoms with E-state index in [1.54, 1.807) is 24.4 Å². The van der Waals surface area contributed by atoms with Crippen LogP contribution in [0.15, 0.2) is 30.5 Å². The Morgan fingerprint density at radius 3 is 2.53 bits per heavy atom. The monoisotopic (exact) mass is 267 g/mol. The fourth-order valence-electron chi connectivity index (χ4n) is 1.63. The van der Waals surface area contributed by atoms with Gasteiger partial charge in [-0.15, -0.1) is 0 Å². The molecular weight excluding hydrogens is 257 g/mol. The Kier molecular flexibility index (Phi) is 3.52. The van der Waals surface area contributed by atoms with Crippen LogP contribution in [0, 0.1) is 0 Å². The van der Waals surface area contributed by atoms with E-state index >= 15 is 0 Å². The average molecular weight is 268 g/mol. The fourth-order valence-corrected chi connectivity index (χ4v) is 2.15. The number of hydrogen-bond donors (Lipinski definition) is 2. The summed E-state index contributed by atoms with van der Waals surface area (Å²) >= 11 is 12.0. The van der Waals surface area contributed by atoms with Crippen molar-refractivity contribution in [3.8, 4) is 11.1 Å². The van der Waals surface area contributed by atoms with Gasteiger partial charge in [-0.25, -0.2) is 4.98 Å². The molecule has 5 heteroatoms. The van der Waals surface area contributed by atoms with Crippen LogP contribution >= 0.6 is 23.2 Å². The summed E-state index contributed by atoms with van der Waals surface area (Å²) in [6.45, 7) is 0.376. The van der Waals surface area contributed by atoms with Crippen LogP contribution in [0.4, 0.5) is 5.82 Å². The number of benzene rings is 1. The number of nitrogen functional groups attached to an aromatic ring is 1. The van der Waals surface area contributed by atoms with Gasteiger partial charge < -0.3 is 11.5 Å². The highest BCUT2D eigenvalue weighted by Gasteiger charge is 2.09. The first-order chi connectivity index (χ1) is 8.11. The van der Waals surface area contributed by atoms with Crippen LogP contribution in [0.3, 0.4) is 0 Å². The molecule has 0 atom stereocenters. The molecule has 1 aromatic carbocycles. The summed E-state index contributed by atoms with van der Waals surface area (Å²) in [4.78, 5) is 4.06. The molecule has 17 heavy (non-hydrogen) atoms. The molecule has 0 aliphatic rings. The van der Waals surface area contributed by atoms with Gasteiger partial charge in [-0.2, -0.15) is 0 Å². The minimum atomic E-state index is 0.376. The van der Waals surface area contributed by atoms with Crippen molar-refractivity contribution in [3.05, 3.63) is 46.1 Å². The Balaban J connectivity index is 2.60. The molecule has 0 saturated heterocycles. The third-order valence-electron chi connectivity index (χ3n) is 2.45. The SMILES string of the molecule is NCc1cc(N)ncc1-c1ccc(Cl)cc1Cl. The van der Waals surface area contributed by atoms with Crippen molar-refractivity contribution in [2.24, 2.45) is 5.73 Å². The van der Waals surface area contributed by atoms with Gasteiger partial charge in [0.2, 0.25) is 0 Å². The lowest BCUT2D eigenvalue weighted by atomic mass is 10.0. The Morgan fingerprint density at radius 2 is 1.88 bits per heavy atom. The summed E-state index contributed by atoms with van der Waals surface area (Å²) in [6.07, 6.45) is 1.67. The molecule has 1 heterocycles. The molecule has 2 rings (SSSR count). The average Bonchev–Trinajstić information content (AvgIpc) is 2.30. The largest absolute Gasteiger partial charge is 0.384 e. The second-order valence-corrected chi connectivity index (χ2v) is 4.44. The lowest BCUT2D eigenvalue weighted by molar-refractivity contribution is 1.06. The standard InChI is InChI=1S/C12H11Cl2N3/c13-8-1-2-9(11(14)4-8)10-6-17-12(16)3-7(10)5-15/h1-4,6H,5,15H2,(H2,16,17). The minimum absolute atomic E-state index is 0.376. The van der Waals surface area contributed by atoms with E-state index in [1.165, 1.54) is 0 Å². The van der Waals surface area contributed by atoms with Crippen LogP contribution in [0.2, 0.25) is 10.0 Å². The first-order valence-corrected chi connectivity index (χ1v) is 5.77. The van der Waals surface area contributed by atoms with Gasteiger partial charge in [-0.3, -0.25) is 0 Å². The van der Waals surface area contributed by atoms with Crippen LogP contribution in [0.25, 0.3) is 11.1 Å². The molecule has 0 aliphatic heterocycles. The van der Waals surface area contributed by atoms with E-state index in [4.69, 9.17) is 34.7 Å². The van der Waals surface area contributed by atoms with Gasteiger partial charge in [0.05, 0.1) is 0 Å². The summed E-state index contributed by atoms with van der Waals surface area (Å²) < 4.78 is 0. The summed E-state index contributed by atoms with van der Waals surface area (Å²) in [5, 5.41) is 1.16. The predicted octanol–water partition coefficient (Wildman–Crippen LogP) is 3.10. The summed E-state index contributed by atoms with van der Waals surface area (Å²) in [6, 6.07) is 7.06. The second kappa shape index (κ2) is 4.92. The number of pyridine rings is 1. The topological polar surface area (TPSA) is 64.9 Å². The summed E-state index contributed by atoms with van der Waals surface area (Å²) in [5.74, 6) is 0.444. The molecule has 0 bridgehead atoms. The van der Waals surface area contributed by atoms with Gasteiger partial charge in [0.1, 0.15) is 5.82 Å². The zero-order valence-electron chi connectivity index (χ0n) is 8.95. The van der Waals surface area contributed by atoms with Gasteiger partial charge in [-0.05, 0) is 23.8 Å². The highest BCUT2D eigenvalue weighted by Crippen LogP contribution is 2.32. The number of nitrogens with zero attached hydrogens (tertiary/aromatic N) is 1. The minimum Gasteiger partial charge on any atom is -0.384 e. The summed E-state index contributed by atoms with van der Waals surface area (Å²) in [7, 11) is 0. The maximum atomic E-state index is 6.15. The van der Waals surface area contributed by atoms with Gasteiger partial charge >= 0.3 is 0 Å². The van der Waals surface area contributed by atoms with Crippen LogP contribution in [0.5, 0.6) is 0 Å². The molecule has 0 aliphatic carbocycles. The van der Waals surface area contributed by atoms with E-state index < -0.39 is 0 Å². The van der Waals surface area contributed by atoms with E-state index in [2.05, 4.69) is 4.98 Å². The number of anilines is 1. The Labute approximate surface area is 109 Å². The number of hydrogen-bond acceptors (Lipinski definition) is 3. The normalized spacial score (nSPS) is 10.5. The van der Waals surface area contributed by atoms with E-state index in [1.807, 2.05) is 6.07 Å². The highest BCUT2D eigenvalue weighted by molar-refractivity contribution is 6.36. The Morgan fingerprint density at radius 1 is 1.12 bits per heavy atom. The third-order valence-corrected chi connectivity index (χ3v) is 3.00. The summed E-state index contributed by atoms with van der Waals surface area (Å²) in [5.41, 5.74) is 13.9. The number of aromatic nitrogens is 1. The van der Waals surface area contributed by atoms with E-state index in [-0.39, 0.29) is 0 Å². The molecule has 4 N–H and O–H groups in total. The molecular formula is C12H11Cl2N3. The van der Waals surface area contributed by atoms with Crippen LogP contribution < -0.4 is 11.5 Å². The number of nitrogens with two attached hydrogens (primary N) is 2. The molecule has 1 aromatic heterocycles. The van der Waals surface area contributed by atoms with E-state index in [0.717, 1.165) is 16.7 Å². The molecule has 3 nitrogen and oxygen atoms in total. The van der Waals surface area contributed by atoms with Crippen LogP contribution in [0.1, 0.15) is 5.56 Å². The smallest absolute Gasteiger partial charge is 0.123 e. The molecule has 0 spiro atoms. The maximum absolute atomic E-state index is 6.15. The Bertz CT molecular complexity index is 555. The first kappa shape index (κ1) is 12.2. The van der Waals surface area contributed by atoms with Gasteiger partial charge in [-0.1, -0.05) is 29.3 Å². The molecule has 0 fully saturated rings. The Hall–Kier alpha value is -1.29. The van der Waals surface area contributed by atoms with Gasteiger partial charge in [0.25, 0.3) is 0 Å². The maximum Gasteiger partial charge on any atom is 0.123 e. The van der Waals surface area contributed by atoms with Crippen molar-refractivity contribution in [1.82, 2.24) is 4.98 Å². The molecule has 0 amide bonds. The van der Waals surface area contributed by atoms with Crippen molar-refractivity contribution >= 4 is 29.0 Å². The predicted molar refractivity (Wildman–Crippen MR) is 72.0 cm³/mol. The van der Waals surface area contributed by atoms with E-state index in [0.29, 0.717) is 22.4 Å². The number of halogens is 2. The third kappa shape index (κ3) is 2.52. The first-order valence-electron chi connectivity index (χ1n) is 5.01. The van der Waals surface area contributed by atoms with Gasteiger partial charge in [0.15, 0.2) is 0 Å². The quantitative estimate of drug-likeness (QED) is 0.879. The van der Waals surface area contributed by atoms with Crippen molar-refractivity contribution in [2.75, 3.05) is 5.73 Å². The van der Waals surface area contributed by atoms with Gasteiger partial charge in [0, 0.05) is 33.9 Å². The molecule has 2 aromatic rings. The zero-order chi connectivity index (χ0) is 12.4. The second-order valence-electron chi connectivity index (χ2n) is 3.59. The fraction of sp³-hybridized carbons (Fsp3) is 0.0833. The highest BCUT2D eigenvalue weighted by atomic mass is 35.5. The molecule has 88 valence electrons. The van der Waals surface area contributed by atoms with Crippen molar-refractivity contribution in [3.63, 3.8) is 0 Å². The van der Waals surface area contributed by atoms with Crippen molar-refractivity contribution in [2.45, 2.75) is 6.54 Å². The van der Waals surface area contributed by atoms with E-state index in [9.17, 15) is 0 Å². The van der Waals surface area contributed by atoms with Crippen LogP contribution in [-0.2, 0) is 6.54 Å². The van der Waals surface area contributed by atoms with Crippen LogP contribution in [-0.4, -0.2) is 4.98 Å². The lowest BCUT2D eigenvalue weighted by Gasteiger charge is -2.10. The molecule has 0 radical (unpaired) electrons. The van der Waals surface area contributed by atoms with Crippen molar-refractivity contribution in [1.29, 1.82) is 0 Å². The zero-order valence-corrected chi connectivity index (χ0v) is 10.5. The molecule has 0 unspecified atom stereocenters. The lowest BCUT2D eigenvalue weighted by Crippen LogP contribution is -2.02.